The number of fused-ring (bicyclic) bond motifs is 3. The summed E-state index contributed by atoms with van der Waals surface area (Å²) >= 11 is 0. The van der Waals surface area contributed by atoms with Crippen LogP contribution in [0.15, 0.2) is 109 Å². The van der Waals surface area contributed by atoms with Gasteiger partial charge >= 0.3 is 17.9 Å². The van der Waals surface area contributed by atoms with Crippen LogP contribution in [0.3, 0.4) is 0 Å². The van der Waals surface area contributed by atoms with Gasteiger partial charge in [-0.3, -0.25) is 9.78 Å². The average Bonchev–Trinajstić information content (AvgIpc) is 3.78. The second-order valence-electron chi connectivity index (χ2n) is 11.5. The molecule has 0 fully saturated rings. The topological polar surface area (TPSA) is 184 Å². The minimum atomic E-state index is -0.998. The molecule has 0 aliphatic rings. The first-order valence-corrected chi connectivity index (χ1v) is 16.2. The van der Waals surface area contributed by atoms with Crippen LogP contribution in [0.25, 0.3) is 32.7 Å². The Morgan fingerprint density at radius 1 is 0.750 bits per heavy atom. The smallest absolute Gasteiger partial charge is 0.352 e. The average molecular weight is 704 g/mol. The van der Waals surface area contributed by atoms with Gasteiger partial charge in [0, 0.05) is 46.6 Å². The number of methoxy groups -OCH3 is 2. The van der Waals surface area contributed by atoms with Crippen molar-refractivity contribution in [2.45, 2.75) is 25.9 Å². The molecule has 0 spiro atoms. The van der Waals surface area contributed by atoms with Crippen LogP contribution < -0.4 is 14.2 Å². The molecule has 52 heavy (non-hydrogen) atoms. The highest BCUT2D eigenvalue weighted by Gasteiger charge is 2.13. The zero-order valence-corrected chi connectivity index (χ0v) is 28.5. The lowest BCUT2D eigenvalue weighted by Gasteiger charge is -2.11. The van der Waals surface area contributed by atoms with Crippen molar-refractivity contribution >= 4 is 50.6 Å². The maximum atomic E-state index is 11.0. The maximum absolute atomic E-state index is 11.0. The summed E-state index contributed by atoms with van der Waals surface area (Å²) in [6.07, 6.45) is 5.19. The van der Waals surface area contributed by atoms with Gasteiger partial charge in [0.2, 0.25) is 0 Å². The standard InChI is InChI=1S/C17H15NO4.C12H13NO2.C11H9NO3/c1-21-15-8-12-7-14(17(19)20)18-13(12)9-16(15)22-10-11-5-3-2-4-6-11;14-12(15)7-3-4-9-8-13-11-6-2-1-5-10(9)11;1-15-7-2-3-10-9(6-7)8(11(13)14)4-5-12-10/h2-9,18H,10H2,1H3,(H,19,20);1-2,5-6,8,13H,3-4,7H2,(H,14,15);2-6H,1H3,(H,13,14). The number of aromatic nitrogens is 3. The van der Waals surface area contributed by atoms with Crippen molar-refractivity contribution in [3.05, 3.63) is 132 Å². The summed E-state index contributed by atoms with van der Waals surface area (Å²) in [6, 6.07) is 29.6. The van der Waals surface area contributed by atoms with E-state index in [4.69, 9.17) is 29.5 Å². The minimum Gasteiger partial charge on any atom is -0.497 e. The van der Waals surface area contributed by atoms with Crippen LogP contribution in [0.1, 0.15) is 44.8 Å². The molecule has 3 aromatic heterocycles. The fourth-order valence-corrected chi connectivity index (χ4v) is 5.47. The molecule has 0 aliphatic heterocycles. The Kier molecular flexibility index (Phi) is 12.1. The number of hydrogen-bond donors (Lipinski definition) is 5. The van der Waals surface area contributed by atoms with E-state index in [2.05, 4.69) is 21.0 Å². The summed E-state index contributed by atoms with van der Waals surface area (Å²) < 4.78 is 16.2. The number of aromatic carboxylic acids is 2. The lowest BCUT2D eigenvalue weighted by molar-refractivity contribution is -0.137. The molecular weight excluding hydrogens is 666 g/mol. The molecule has 0 amide bonds. The molecule has 12 heteroatoms. The van der Waals surface area contributed by atoms with E-state index in [9.17, 15) is 14.4 Å². The van der Waals surface area contributed by atoms with E-state index in [1.54, 1.807) is 43.5 Å². The fraction of sp³-hybridized carbons (Fsp3) is 0.150. The van der Waals surface area contributed by atoms with E-state index in [0.717, 1.165) is 22.9 Å². The minimum absolute atomic E-state index is 0.136. The predicted molar refractivity (Wildman–Crippen MR) is 197 cm³/mol. The summed E-state index contributed by atoms with van der Waals surface area (Å²) in [5.74, 6) is -0.928. The van der Waals surface area contributed by atoms with Gasteiger partial charge in [0.1, 0.15) is 18.1 Å². The lowest BCUT2D eigenvalue weighted by atomic mass is 10.1. The molecule has 0 bridgehead atoms. The van der Waals surface area contributed by atoms with Crippen LogP contribution in [0.5, 0.6) is 17.2 Å². The molecule has 3 heterocycles. The van der Waals surface area contributed by atoms with Crippen LogP contribution >= 0.6 is 0 Å². The maximum Gasteiger partial charge on any atom is 0.352 e. The monoisotopic (exact) mass is 703 g/mol. The number of carboxylic acids is 3. The molecular formula is C40H37N3O9. The number of aryl methyl sites for hydroxylation is 1. The van der Waals surface area contributed by atoms with Crippen LogP contribution in [-0.4, -0.2) is 62.4 Å². The van der Waals surface area contributed by atoms with Crippen molar-refractivity contribution in [1.29, 1.82) is 0 Å². The van der Waals surface area contributed by atoms with Crippen LogP contribution in [-0.2, 0) is 17.8 Å². The Balaban J connectivity index is 0.000000155. The Morgan fingerprint density at radius 3 is 2.23 bits per heavy atom. The van der Waals surface area contributed by atoms with E-state index in [1.807, 2.05) is 54.7 Å². The predicted octanol–water partition coefficient (Wildman–Crippen LogP) is 7.97. The number of pyridine rings is 1. The number of aliphatic carboxylic acids is 1. The normalized spacial score (nSPS) is 10.5. The Labute approximate surface area is 298 Å². The highest BCUT2D eigenvalue weighted by molar-refractivity contribution is 6.02. The van der Waals surface area contributed by atoms with Crippen molar-refractivity contribution in [1.82, 2.24) is 15.0 Å². The summed E-state index contributed by atoms with van der Waals surface area (Å²) in [5, 5.41) is 29.1. The molecule has 7 aromatic rings. The number of benzene rings is 4. The highest BCUT2D eigenvalue weighted by atomic mass is 16.5. The Hall–Kier alpha value is -6.82. The van der Waals surface area contributed by atoms with Crippen LogP contribution in [0, 0.1) is 0 Å². The first kappa shape index (κ1) is 36.5. The molecule has 0 saturated carbocycles. The number of nitrogens with zero attached hydrogens (tertiary/aromatic N) is 1. The number of aromatic amines is 2. The van der Waals surface area contributed by atoms with E-state index in [0.29, 0.717) is 46.7 Å². The van der Waals surface area contributed by atoms with Gasteiger partial charge in [-0.05, 0) is 66.4 Å². The molecule has 5 N–H and O–H groups in total. The van der Waals surface area contributed by atoms with E-state index >= 15 is 0 Å². The molecule has 0 unspecified atom stereocenters. The number of carboxylic acid groups (broad SMARTS) is 3. The summed E-state index contributed by atoms with van der Waals surface area (Å²) in [6.45, 7) is 0.412. The van der Waals surface area contributed by atoms with E-state index in [1.165, 1.54) is 30.3 Å². The molecule has 0 saturated heterocycles. The number of para-hydroxylation sites is 1. The third-order valence-corrected chi connectivity index (χ3v) is 8.06. The van der Waals surface area contributed by atoms with Gasteiger partial charge in [-0.15, -0.1) is 0 Å². The van der Waals surface area contributed by atoms with Crippen molar-refractivity contribution in [2.75, 3.05) is 14.2 Å². The number of ether oxygens (including phenoxy) is 3. The van der Waals surface area contributed by atoms with Gasteiger partial charge in [0.05, 0.1) is 30.8 Å². The van der Waals surface area contributed by atoms with E-state index < -0.39 is 17.9 Å². The summed E-state index contributed by atoms with van der Waals surface area (Å²) in [7, 11) is 3.10. The van der Waals surface area contributed by atoms with Gasteiger partial charge in [-0.25, -0.2) is 9.59 Å². The Morgan fingerprint density at radius 2 is 1.52 bits per heavy atom. The van der Waals surface area contributed by atoms with Gasteiger partial charge < -0.3 is 39.5 Å². The molecule has 7 rings (SSSR count). The molecule has 0 atom stereocenters. The third kappa shape index (κ3) is 9.24. The fourth-order valence-electron chi connectivity index (χ4n) is 5.47. The quantitative estimate of drug-likeness (QED) is 0.0885. The van der Waals surface area contributed by atoms with Crippen LogP contribution in [0.4, 0.5) is 0 Å². The zero-order chi connectivity index (χ0) is 37.0. The van der Waals surface area contributed by atoms with Gasteiger partial charge in [0.25, 0.3) is 0 Å². The second kappa shape index (κ2) is 17.2. The van der Waals surface area contributed by atoms with Crippen molar-refractivity contribution < 1.29 is 43.9 Å². The molecule has 4 aromatic carbocycles. The van der Waals surface area contributed by atoms with Crippen molar-refractivity contribution in [3.63, 3.8) is 0 Å². The van der Waals surface area contributed by atoms with Crippen molar-refractivity contribution in [3.8, 4) is 17.2 Å². The summed E-state index contributed by atoms with van der Waals surface area (Å²) in [5.41, 5.74) is 5.07. The number of carbonyl (C=O) groups is 3. The molecule has 0 aliphatic carbocycles. The lowest BCUT2D eigenvalue weighted by Crippen LogP contribution is -1.98. The summed E-state index contributed by atoms with van der Waals surface area (Å²) in [4.78, 5) is 42.5. The van der Waals surface area contributed by atoms with Crippen molar-refractivity contribution in [2.24, 2.45) is 0 Å². The molecule has 266 valence electrons. The largest absolute Gasteiger partial charge is 0.497 e. The Bertz CT molecular complexity index is 2310. The molecule has 12 nitrogen and oxygen atoms in total. The van der Waals surface area contributed by atoms with Gasteiger partial charge in [0.15, 0.2) is 11.5 Å². The first-order valence-electron chi connectivity index (χ1n) is 16.2. The zero-order valence-electron chi connectivity index (χ0n) is 28.5. The number of nitrogens with one attached hydrogen (secondary N) is 2. The van der Waals surface area contributed by atoms with E-state index in [-0.39, 0.29) is 17.7 Å². The molecule has 0 radical (unpaired) electrons. The van der Waals surface area contributed by atoms with Gasteiger partial charge in [-0.1, -0.05) is 48.5 Å². The number of H-pyrrole nitrogens is 2. The third-order valence-electron chi connectivity index (χ3n) is 8.06. The number of hydrogen-bond acceptors (Lipinski definition) is 7. The van der Waals surface area contributed by atoms with Gasteiger partial charge in [-0.2, -0.15) is 0 Å². The SMILES string of the molecule is COc1cc2cc(C(=O)O)[nH]c2cc1OCc1ccccc1.COc1ccc2nccc(C(=O)O)c2c1.O=C(O)CCCc1c[nH]c2ccccc12. The van der Waals surface area contributed by atoms with Crippen LogP contribution in [0.2, 0.25) is 0 Å². The highest BCUT2D eigenvalue weighted by Crippen LogP contribution is 2.33. The first-order chi connectivity index (χ1) is 25.2. The number of rotatable bonds is 11. The second-order valence-corrected chi connectivity index (χ2v) is 11.5.